The summed E-state index contributed by atoms with van der Waals surface area (Å²) in [5, 5.41) is 0. The van der Waals surface area contributed by atoms with Gasteiger partial charge in [-0.3, -0.25) is 14.3 Å². The number of halogens is 2. The number of amides is 1. The molecule has 1 heterocycles. The van der Waals surface area contributed by atoms with Gasteiger partial charge < -0.3 is 4.90 Å². The molecule has 0 aromatic carbocycles. The van der Waals surface area contributed by atoms with Gasteiger partial charge in [-0.2, -0.15) is 8.78 Å². The lowest BCUT2D eigenvalue weighted by molar-refractivity contribution is -0.132. The maximum Gasteiger partial charge on any atom is 0.319 e. The Hall–Kier alpha value is -1.50. The van der Waals surface area contributed by atoms with Gasteiger partial charge >= 0.3 is 6.55 Å². The molecule has 0 saturated carbocycles. The van der Waals surface area contributed by atoms with Gasteiger partial charge in [0.25, 0.3) is 0 Å². The molecule has 0 aliphatic heterocycles. The number of imidazole rings is 1. The van der Waals surface area contributed by atoms with E-state index >= 15 is 0 Å². The average molecular weight is 274 g/mol. The topological polar surface area (TPSA) is 41.4 Å². The van der Waals surface area contributed by atoms with Crippen LogP contribution >= 0.6 is 0 Å². The van der Waals surface area contributed by atoms with Crippen LogP contribution in [-0.4, -0.2) is 51.9 Å². The van der Waals surface area contributed by atoms with Crippen molar-refractivity contribution in [1.29, 1.82) is 0 Å². The van der Waals surface area contributed by atoms with Crippen LogP contribution in [0.25, 0.3) is 0 Å². The Morgan fingerprint density at radius 1 is 1.42 bits per heavy atom. The fraction of sp³-hybridized carbons (Fsp3) is 0.667. The summed E-state index contributed by atoms with van der Waals surface area (Å²) in [6.45, 7) is 1.60. The van der Waals surface area contributed by atoms with Crippen LogP contribution in [0.5, 0.6) is 0 Å². The molecule has 5 nitrogen and oxygen atoms in total. The molecule has 108 valence electrons. The molecule has 1 aromatic heterocycles. The third-order valence-electron chi connectivity index (χ3n) is 2.94. The van der Waals surface area contributed by atoms with Gasteiger partial charge in [0.1, 0.15) is 5.82 Å². The van der Waals surface area contributed by atoms with Crippen LogP contribution in [-0.2, 0) is 11.3 Å². The molecular weight excluding hydrogens is 254 g/mol. The van der Waals surface area contributed by atoms with Crippen LogP contribution < -0.4 is 0 Å². The van der Waals surface area contributed by atoms with Gasteiger partial charge in [-0.05, 0) is 20.9 Å². The first-order valence-corrected chi connectivity index (χ1v) is 6.07. The highest BCUT2D eigenvalue weighted by atomic mass is 19.3. The van der Waals surface area contributed by atoms with Gasteiger partial charge in [0, 0.05) is 25.5 Å². The predicted molar refractivity (Wildman–Crippen MR) is 67.7 cm³/mol. The number of hydrogen-bond acceptors (Lipinski definition) is 3. The van der Waals surface area contributed by atoms with Crippen LogP contribution in [0.3, 0.4) is 0 Å². The largest absolute Gasteiger partial charge is 0.342 e. The molecule has 19 heavy (non-hydrogen) atoms. The minimum atomic E-state index is -2.61. The number of carbonyl (C=O) groups excluding carboxylic acids is 1. The highest BCUT2D eigenvalue weighted by molar-refractivity contribution is 5.78. The molecule has 0 saturated heterocycles. The van der Waals surface area contributed by atoms with Gasteiger partial charge in [0.05, 0.1) is 13.1 Å². The summed E-state index contributed by atoms with van der Waals surface area (Å²) >= 11 is 0. The molecule has 0 fully saturated rings. The summed E-state index contributed by atoms with van der Waals surface area (Å²) in [7, 11) is 3.43. The maximum atomic E-state index is 12.6. The van der Waals surface area contributed by atoms with Gasteiger partial charge in [-0.1, -0.05) is 0 Å². The number of aromatic nitrogens is 2. The Labute approximate surface area is 111 Å². The van der Waals surface area contributed by atoms with Gasteiger partial charge in [-0.25, -0.2) is 4.98 Å². The van der Waals surface area contributed by atoms with E-state index in [1.807, 2.05) is 13.8 Å². The van der Waals surface area contributed by atoms with E-state index in [-0.39, 0.29) is 30.9 Å². The van der Waals surface area contributed by atoms with Crippen molar-refractivity contribution < 1.29 is 13.6 Å². The van der Waals surface area contributed by atoms with E-state index in [0.717, 1.165) is 4.57 Å². The molecule has 0 bridgehead atoms. The van der Waals surface area contributed by atoms with Crippen LogP contribution in [0.4, 0.5) is 8.78 Å². The van der Waals surface area contributed by atoms with Crippen molar-refractivity contribution in [2.45, 2.75) is 33.0 Å². The van der Waals surface area contributed by atoms with Gasteiger partial charge in [0.2, 0.25) is 5.91 Å². The quantitative estimate of drug-likeness (QED) is 0.791. The van der Waals surface area contributed by atoms with Crippen molar-refractivity contribution in [2.24, 2.45) is 0 Å². The first kappa shape index (κ1) is 15.6. The Morgan fingerprint density at radius 2 is 2.05 bits per heavy atom. The molecule has 1 amide bonds. The number of rotatable bonds is 6. The molecule has 7 heteroatoms. The Morgan fingerprint density at radius 3 is 2.58 bits per heavy atom. The zero-order valence-corrected chi connectivity index (χ0v) is 11.7. The summed E-state index contributed by atoms with van der Waals surface area (Å²) in [5.74, 6) is 0.199. The van der Waals surface area contributed by atoms with Crippen molar-refractivity contribution in [2.75, 3.05) is 20.6 Å². The standard InChI is InChI=1S/C12H20F2N4O/c1-9(2)17(4)11(19)8-16(3)7-10-15-5-6-18(10)12(13)14/h5-6,9,12H,7-8H2,1-4H3. The summed E-state index contributed by atoms with van der Waals surface area (Å²) in [6, 6.07) is 0.115. The zero-order chi connectivity index (χ0) is 14.6. The van der Waals surface area contributed by atoms with Crippen LogP contribution in [0, 0.1) is 0 Å². The Balaban J connectivity index is 2.58. The number of likely N-dealkylation sites (N-methyl/N-ethyl adjacent to an activating group) is 2. The molecule has 1 rings (SSSR count). The van der Waals surface area contributed by atoms with Crippen LogP contribution in [0.2, 0.25) is 0 Å². The average Bonchev–Trinajstić information content (AvgIpc) is 2.75. The fourth-order valence-corrected chi connectivity index (χ4v) is 1.57. The van der Waals surface area contributed by atoms with Crippen molar-refractivity contribution in [3.05, 3.63) is 18.2 Å². The molecule has 1 aromatic rings. The monoisotopic (exact) mass is 274 g/mol. The zero-order valence-electron chi connectivity index (χ0n) is 11.7. The minimum Gasteiger partial charge on any atom is -0.342 e. The molecule has 0 N–H and O–H groups in total. The van der Waals surface area contributed by atoms with E-state index in [0.29, 0.717) is 0 Å². The predicted octanol–water partition coefficient (Wildman–Crippen LogP) is 1.58. The maximum absolute atomic E-state index is 12.6. The molecule has 0 spiro atoms. The van der Waals surface area contributed by atoms with Crippen LogP contribution in [0.15, 0.2) is 12.4 Å². The third-order valence-corrected chi connectivity index (χ3v) is 2.94. The second-order valence-corrected chi connectivity index (χ2v) is 4.80. The molecular formula is C12H20F2N4O. The number of nitrogens with zero attached hydrogens (tertiary/aromatic N) is 4. The highest BCUT2D eigenvalue weighted by Crippen LogP contribution is 2.13. The SMILES string of the molecule is CC(C)N(C)C(=O)CN(C)Cc1nccn1C(F)F. The normalized spacial score (nSPS) is 11.6. The lowest BCUT2D eigenvalue weighted by Gasteiger charge is -2.24. The van der Waals surface area contributed by atoms with Crippen molar-refractivity contribution in [3.8, 4) is 0 Å². The molecule has 0 unspecified atom stereocenters. The molecule has 0 atom stereocenters. The highest BCUT2D eigenvalue weighted by Gasteiger charge is 2.17. The lowest BCUT2D eigenvalue weighted by atomic mass is 10.3. The smallest absolute Gasteiger partial charge is 0.319 e. The van der Waals surface area contributed by atoms with Crippen molar-refractivity contribution >= 4 is 5.91 Å². The van der Waals surface area contributed by atoms with E-state index in [4.69, 9.17) is 0 Å². The molecule has 0 aliphatic carbocycles. The fourth-order valence-electron chi connectivity index (χ4n) is 1.57. The third kappa shape index (κ3) is 4.27. The molecule has 0 aliphatic rings. The van der Waals surface area contributed by atoms with E-state index in [9.17, 15) is 13.6 Å². The Bertz CT molecular complexity index is 420. The second-order valence-electron chi connectivity index (χ2n) is 4.80. The van der Waals surface area contributed by atoms with E-state index in [2.05, 4.69) is 4.98 Å². The Kier molecular flexibility index (Phi) is 5.41. The van der Waals surface area contributed by atoms with Crippen LogP contribution in [0.1, 0.15) is 26.2 Å². The van der Waals surface area contributed by atoms with E-state index in [1.165, 1.54) is 12.4 Å². The number of hydrogen-bond donors (Lipinski definition) is 0. The lowest BCUT2D eigenvalue weighted by Crippen LogP contribution is -2.40. The number of alkyl halides is 2. The van der Waals surface area contributed by atoms with E-state index < -0.39 is 6.55 Å². The first-order valence-electron chi connectivity index (χ1n) is 6.07. The van der Waals surface area contributed by atoms with Gasteiger partial charge in [-0.15, -0.1) is 0 Å². The second kappa shape index (κ2) is 6.60. The number of carbonyl (C=O) groups is 1. The first-order chi connectivity index (χ1) is 8.82. The van der Waals surface area contributed by atoms with Gasteiger partial charge in [0.15, 0.2) is 0 Å². The molecule has 0 radical (unpaired) electrons. The van der Waals surface area contributed by atoms with Crippen molar-refractivity contribution in [3.63, 3.8) is 0 Å². The minimum absolute atomic E-state index is 0.0485. The summed E-state index contributed by atoms with van der Waals surface area (Å²) in [4.78, 5) is 19.0. The summed E-state index contributed by atoms with van der Waals surface area (Å²) in [5.41, 5.74) is 0. The van der Waals surface area contributed by atoms with E-state index in [1.54, 1.807) is 23.9 Å². The summed E-state index contributed by atoms with van der Waals surface area (Å²) in [6.07, 6.45) is 2.56. The summed E-state index contributed by atoms with van der Waals surface area (Å²) < 4.78 is 26.1. The van der Waals surface area contributed by atoms with Crippen molar-refractivity contribution in [1.82, 2.24) is 19.4 Å².